The largest absolute Gasteiger partial charge is 0.324 e. The molecule has 0 aromatic heterocycles. The first-order valence-corrected chi connectivity index (χ1v) is 4.21. The zero-order valence-electron chi connectivity index (χ0n) is 7.33. The molecule has 0 saturated carbocycles. The van der Waals surface area contributed by atoms with Gasteiger partial charge in [-0.2, -0.15) is 0 Å². The zero-order valence-corrected chi connectivity index (χ0v) is 7.33. The molecule has 0 amide bonds. The standard InChI is InChI=1S/C10H15N2/c1-8(7-11)10(12)9-5-3-2-4-6-9/h2-6,8,10-11H,7,12H2,1H3. The van der Waals surface area contributed by atoms with Crippen molar-refractivity contribution in [2.45, 2.75) is 13.0 Å². The average molecular weight is 163 g/mol. The second-order valence-corrected chi connectivity index (χ2v) is 3.12. The summed E-state index contributed by atoms with van der Waals surface area (Å²) in [6, 6.07) is 9.95. The summed E-state index contributed by atoms with van der Waals surface area (Å²) >= 11 is 0. The molecule has 65 valence electrons. The minimum atomic E-state index is 0.00343. The molecular formula is C10H15N2. The maximum Gasteiger partial charge on any atom is 0.0333 e. The highest BCUT2D eigenvalue weighted by Crippen LogP contribution is 2.17. The third-order valence-electron chi connectivity index (χ3n) is 2.12. The Morgan fingerprint density at radius 1 is 1.33 bits per heavy atom. The molecule has 2 unspecified atom stereocenters. The van der Waals surface area contributed by atoms with Crippen molar-refractivity contribution >= 4 is 0 Å². The summed E-state index contributed by atoms with van der Waals surface area (Å²) in [4.78, 5) is 0. The summed E-state index contributed by atoms with van der Waals surface area (Å²) in [5.41, 5.74) is 14.3. The molecule has 1 aromatic rings. The van der Waals surface area contributed by atoms with Crippen LogP contribution in [-0.2, 0) is 0 Å². The summed E-state index contributed by atoms with van der Waals surface area (Å²) < 4.78 is 0. The number of nitrogens with two attached hydrogens (primary N) is 1. The molecule has 12 heavy (non-hydrogen) atoms. The Kier molecular flexibility index (Phi) is 3.26. The molecule has 0 saturated heterocycles. The van der Waals surface area contributed by atoms with Gasteiger partial charge in [0.15, 0.2) is 0 Å². The monoisotopic (exact) mass is 163 g/mol. The van der Waals surface area contributed by atoms with Crippen LogP contribution in [0.3, 0.4) is 0 Å². The quantitative estimate of drug-likeness (QED) is 0.723. The average Bonchev–Trinajstić information content (AvgIpc) is 2.17. The Morgan fingerprint density at radius 3 is 2.42 bits per heavy atom. The predicted molar refractivity (Wildman–Crippen MR) is 50.5 cm³/mol. The number of rotatable bonds is 3. The van der Waals surface area contributed by atoms with Gasteiger partial charge in [0, 0.05) is 12.6 Å². The van der Waals surface area contributed by atoms with Crippen molar-refractivity contribution in [1.29, 1.82) is 0 Å². The molecule has 0 aliphatic rings. The van der Waals surface area contributed by atoms with Crippen molar-refractivity contribution in [1.82, 2.24) is 5.73 Å². The fourth-order valence-corrected chi connectivity index (χ4v) is 1.13. The fraction of sp³-hybridized carbons (Fsp3) is 0.400. The summed E-state index contributed by atoms with van der Waals surface area (Å²) in [6.45, 7) is 2.39. The number of hydrogen-bond acceptors (Lipinski definition) is 1. The van der Waals surface area contributed by atoms with E-state index in [0.717, 1.165) is 5.56 Å². The molecule has 2 nitrogen and oxygen atoms in total. The topological polar surface area (TPSA) is 49.8 Å². The first-order chi connectivity index (χ1) is 5.75. The van der Waals surface area contributed by atoms with Gasteiger partial charge in [-0.25, -0.2) is 0 Å². The molecule has 0 fully saturated rings. The van der Waals surface area contributed by atoms with E-state index >= 15 is 0 Å². The predicted octanol–water partition coefficient (Wildman–Crippen LogP) is 1.61. The zero-order chi connectivity index (χ0) is 8.97. The summed E-state index contributed by atoms with van der Waals surface area (Å²) in [7, 11) is 0. The van der Waals surface area contributed by atoms with Gasteiger partial charge in [-0.05, 0) is 11.5 Å². The Bertz CT molecular complexity index is 221. The Hall–Kier alpha value is -0.860. The van der Waals surface area contributed by atoms with E-state index in [0.29, 0.717) is 6.54 Å². The second-order valence-electron chi connectivity index (χ2n) is 3.12. The molecule has 1 rings (SSSR count). The summed E-state index contributed by atoms with van der Waals surface area (Å²) in [5.74, 6) is 0.229. The van der Waals surface area contributed by atoms with Gasteiger partial charge in [0.1, 0.15) is 0 Å². The van der Waals surface area contributed by atoms with Crippen LogP contribution in [0.2, 0.25) is 0 Å². The molecule has 0 heterocycles. The minimum Gasteiger partial charge on any atom is -0.324 e. The number of benzene rings is 1. The second kappa shape index (κ2) is 4.24. The molecule has 0 spiro atoms. The summed E-state index contributed by atoms with van der Waals surface area (Å²) in [5, 5.41) is 0. The van der Waals surface area contributed by atoms with Crippen molar-refractivity contribution in [2.75, 3.05) is 6.54 Å². The Labute approximate surface area is 73.6 Å². The Morgan fingerprint density at radius 2 is 1.92 bits per heavy atom. The van der Waals surface area contributed by atoms with Gasteiger partial charge in [0.05, 0.1) is 0 Å². The molecule has 0 bridgehead atoms. The minimum absolute atomic E-state index is 0.00343. The van der Waals surface area contributed by atoms with Gasteiger partial charge in [0.2, 0.25) is 0 Å². The normalized spacial score (nSPS) is 15.6. The molecule has 2 atom stereocenters. The maximum atomic E-state index is 7.21. The van der Waals surface area contributed by atoms with Gasteiger partial charge in [-0.15, -0.1) is 0 Å². The van der Waals surface area contributed by atoms with Crippen LogP contribution < -0.4 is 11.5 Å². The van der Waals surface area contributed by atoms with Crippen molar-refractivity contribution in [2.24, 2.45) is 11.7 Å². The van der Waals surface area contributed by atoms with Crippen molar-refractivity contribution in [3.63, 3.8) is 0 Å². The molecular weight excluding hydrogens is 148 g/mol. The van der Waals surface area contributed by atoms with Crippen LogP contribution in [0.15, 0.2) is 30.3 Å². The van der Waals surface area contributed by atoms with Gasteiger partial charge in [-0.1, -0.05) is 37.3 Å². The number of nitrogens with one attached hydrogen (secondary N) is 1. The highest BCUT2D eigenvalue weighted by Gasteiger charge is 2.12. The molecule has 2 heteroatoms. The number of hydrogen-bond donors (Lipinski definition) is 1. The lowest BCUT2D eigenvalue weighted by molar-refractivity contribution is 0.476. The van der Waals surface area contributed by atoms with Crippen LogP contribution in [0.25, 0.3) is 0 Å². The van der Waals surface area contributed by atoms with Gasteiger partial charge in [0.25, 0.3) is 0 Å². The van der Waals surface area contributed by atoms with E-state index in [9.17, 15) is 0 Å². The van der Waals surface area contributed by atoms with Crippen molar-refractivity contribution in [3.8, 4) is 0 Å². The van der Waals surface area contributed by atoms with Crippen molar-refractivity contribution < 1.29 is 0 Å². The third-order valence-corrected chi connectivity index (χ3v) is 2.12. The van der Waals surface area contributed by atoms with Crippen molar-refractivity contribution in [3.05, 3.63) is 35.9 Å². The molecule has 0 aliphatic heterocycles. The van der Waals surface area contributed by atoms with E-state index in [1.54, 1.807) is 0 Å². The van der Waals surface area contributed by atoms with E-state index in [1.807, 2.05) is 37.3 Å². The first-order valence-electron chi connectivity index (χ1n) is 4.21. The lowest BCUT2D eigenvalue weighted by Crippen LogP contribution is -2.22. The van der Waals surface area contributed by atoms with E-state index in [-0.39, 0.29) is 12.0 Å². The lowest BCUT2D eigenvalue weighted by atomic mass is 9.96. The highest BCUT2D eigenvalue weighted by atomic mass is 14.7. The third kappa shape index (κ3) is 2.06. The van der Waals surface area contributed by atoms with Crippen LogP contribution >= 0.6 is 0 Å². The summed E-state index contributed by atoms with van der Waals surface area (Å²) in [6.07, 6.45) is 0. The van der Waals surface area contributed by atoms with Gasteiger partial charge < -0.3 is 5.73 Å². The van der Waals surface area contributed by atoms with E-state index < -0.39 is 0 Å². The van der Waals surface area contributed by atoms with Crippen LogP contribution in [0.4, 0.5) is 0 Å². The molecule has 1 radical (unpaired) electrons. The van der Waals surface area contributed by atoms with E-state index in [2.05, 4.69) is 0 Å². The molecule has 1 aromatic carbocycles. The fourth-order valence-electron chi connectivity index (χ4n) is 1.13. The highest BCUT2D eigenvalue weighted by molar-refractivity contribution is 5.18. The van der Waals surface area contributed by atoms with Crippen LogP contribution in [-0.4, -0.2) is 6.54 Å². The van der Waals surface area contributed by atoms with E-state index in [1.165, 1.54) is 0 Å². The smallest absolute Gasteiger partial charge is 0.0333 e. The van der Waals surface area contributed by atoms with Gasteiger partial charge >= 0.3 is 0 Å². The van der Waals surface area contributed by atoms with Gasteiger partial charge in [-0.3, -0.25) is 5.73 Å². The van der Waals surface area contributed by atoms with Crippen LogP contribution in [0.1, 0.15) is 18.5 Å². The maximum absolute atomic E-state index is 7.21. The van der Waals surface area contributed by atoms with Crippen LogP contribution in [0.5, 0.6) is 0 Å². The molecule has 0 aliphatic carbocycles. The first kappa shape index (κ1) is 9.23. The lowest BCUT2D eigenvalue weighted by Gasteiger charge is -2.17. The van der Waals surface area contributed by atoms with E-state index in [4.69, 9.17) is 11.5 Å². The Balaban J connectivity index is 2.71. The SMILES string of the molecule is CC(C[NH])C(N)c1ccccc1. The molecule has 3 N–H and O–H groups in total. The van der Waals surface area contributed by atoms with Crippen LogP contribution in [0, 0.1) is 5.92 Å².